The summed E-state index contributed by atoms with van der Waals surface area (Å²) in [5, 5.41) is 3.08. The molecule has 0 bridgehead atoms. The van der Waals surface area contributed by atoms with Crippen molar-refractivity contribution < 1.29 is 9.21 Å². The molecule has 0 atom stereocenters. The van der Waals surface area contributed by atoms with Gasteiger partial charge in [0.2, 0.25) is 0 Å². The summed E-state index contributed by atoms with van der Waals surface area (Å²) in [6.07, 6.45) is 6.02. The highest BCUT2D eigenvalue weighted by Crippen LogP contribution is 2.13. The molecule has 5 nitrogen and oxygen atoms in total. The lowest BCUT2D eigenvalue weighted by Gasteiger charge is -2.32. The zero-order valence-corrected chi connectivity index (χ0v) is 14.7. The first-order chi connectivity index (χ1) is 9.72. The number of rotatable bonds is 6. The SMILES string of the molecule is CCCCN1CCC(NC(=O)c2coc(CN)c2)CC1.Cl.Cl. The number of nitrogens with one attached hydrogen (secondary N) is 1. The van der Waals surface area contributed by atoms with Crippen LogP contribution in [-0.2, 0) is 6.54 Å². The molecular weight excluding hydrogens is 325 g/mol. The Kier molecular flexibility index (Phi) is 10.5. The van der Waals surface area contributed by atoms with Crippen molar-refractivity contribution in [3.8, 4) is 0 Å². The Labute approximate surface area is 144 Å². The fourth-order valence-corrected chi connectivity index (χ4v) is 2.56. The number of amides is 1. The maximum Gasteiger partial charge on any atom is 0.254 e. The molecule has 0 aromatic carbocycles. The second kappa shape index (κ2) is 10.9. The molecule has 1 fully saturated rings. The molecular formula is C15H27Cl2N3O2. The van der Waals surface area contributed by atoms with Gasteiger partial charge < -0.3 is 20.4 Å². The lowest BCUT2D eigenvalue weighted by Crippen LogP contribution is -2.44. The Bertz CT molecular complexity index is 432. The van der Waals surface area contributed by atoms with Crippen molar-refractivity contribution in [1.29, 1.82) is 0 Å². The molecule has 0 spiro atoms. The molecule has 0 radical (unpaired) electrons. The summed E-state index contributed by atoms with van der Waals surface area (Å²) < 4.78 is 5.19. The van der Waals surface area contributed by atoms with E-state index >= 15 is 0 Å². The Hall–Kier alpha value is -0.750. The van der Waals surface area contributed by atoms with Crippen LogP contribution >= 0.6 is 24.8 Å². The van der Waals surface area contributed by atoms with E-state index in [4.69, 9.17) is 10.2 Å². The number of unbranched alkanes of at least 4 members (excludes halogenated alkanes) is 1. The van der Waals surface area contributed by atoms with Gasteiger partial charge in [0.1, 0.15) is 12.0 Å². The predicted octanol–water partition coefficient (Wildman–Crippen LogP) is 2.58. The van der Waals surface area contributed by atoms with Crippen LogP contribution < -0.4 is 11.1 Å². The topological polar surface area (TPSA) is 71.5 Å². The number of carbonyl (C=O) groups is 1. The van der Waals surface area contributed by atoms with Crippen molar-refractivity contribution in [2.45, 2.75) is 45.2 Å². The van der Waals surface area contributed by atoms with E-state index < -0.39 is 0 Å². The van der Waals surface area contributed by atoms with E-state index in [0.717, 1.165) is 25.9 Å². The first kappa shape index (κ1) is 21.2. The monoisotopic (exact) mass is 351 g/mol. The minimum absolute atomic E-state index is 0. The van der Waals surface area contributed by atoms with Crippen LogP contribution in [0.4, 0.5) is 0 Å². The van der Waals surface area contributed by atoms with E-state index in [9.17, 15) is 4.79 Å². The van der Waals surface area contributed by atoms with Gasteiger partial charge in [-0.25, -0.2) is 0 Å². The van der Waals surface area contributed by atoms with Gasteiger partial charge in [0, 0.05) is 19.1 Å². The number of halogens is 2. The van der Waals surface area contributed by atoms with Crippen molar-refractivity contribution in [2.75, 3.05) is 19.6 Å². The number of hydrogen-bond donors (Lipinski definition) is 2. The summed E-state index contributed by atoms with van der Waals surface area (Å²) in [4.78, 5) is 14.6. The van der Waals surface area contributed by atoms with Gasteiger partial charge in [-0.2, -0.15) is 0 Å². The van der Waals surface area contributed by atoms with Gasteiger partial charge in [-0.1, -0.05) is 13.3 Å². The van der Waals surface area contributed by atoms with Gasteiger partial charge in [0.15, 0.2) is 0 Å². The largest absolute Gasteiger partial charge is 0.467 e. The average Bonchev–Trinajstić information content (AvgIpc) is 2.95. The van der Waals surface area contributed by atoms with E-state index in [1.165, 1.54) is 25.6 Å². The van der Waals surface area contributed by atoms with Crippen LogP contribution in [0.5, 0.6) is 0 Å². The van der Waals surface area contributed by atoms with Crippen LogP contribution in [-0.4, -0.2) is 36.5 Å². The third kappa shape index (κ3) is 6.16. The number of likely N-dealkylation sites (tertiary alicyclic amines) is 1. The highest BCUT2D eigenvalue weighted by Gasteiger charge is 2.21. The van der Waals surface area contributed by atoms with Crippen LogP contribution in [0, 0.1) is 0 Å². The summed E-state index contributed by atoms with van der Waals surface area (Å²) in [6.45, 7) is 5.87. The Morgan fingerprint density at radius 2 is 2.09 bits per heavy atom. The molecule has 22 heavy (non-hydrogen) atoms. The third-order valence-corrected chi connectivity index (χ3v) is 3.87. The molecule has 1 aliphatic heterocycles. The molecule has 0 aliphatic carbocycles. The third-order valence-electron chi connectivity index (χ3n) is 3.87. The summed E-state index contributed by atoms with van der Waals surface area (Å²) in [5.74, 6) is 0.588. The number of furan rings is 1. The summed E-state index contributed by atoms with van der Waals surface area (Å²) in [7, 11) is 0. The second-order valence-electron chi connectivity index (χ2n) is 5.45. The molecule has 2 heterocycles. The maximum absolute atomic E-state index is 12.1. The molecule has 1 aliphatic rings. The minimum atomic E-state index is -0.0551. The number of hydrogen-bond acceptors (Lipinski definition) is 4. The number of piperidine rings is 1. The normalized spacial score (nSPS) is 15.7. The molecule has 3 N–H and O–H groups in total. The summed E-state index contributed by atoms with van der Waals surface area (Å²) >= 11 is 0. The van der Waals surface area contributed by atoms with Gasteiger partial charge in [0.25, 0.3) is 5.91 Å². The van der Waals surface area contributed by atoms with Gasteiger partial charge in [-0.05, 0) is 31.9 Å². The fraction of sp³-hybridized carbons (Fsp3) is 0.667. The number of nitrogens with zero attached hydrogens (tertiary/aromatic N) is 1. The smallest absolute Gasteiger partial charge is 0.254 e. The molecule has 1 aromatic rings. The van der Waals surface area contributed by atoms with Crippen LogP contribution in [0.1, 0.15) is 48.7 Å². The highest BCUT2D eigenvalue weighted by atomic mass is 35.5. The van der Waals surface area contributed by atoms with E-state index in [1.807, 2.05) is 0 Å². The standard InChI is InChI=1S/C15H25N3O2.2ClH/c1-2-3-6-18-7-4-13(5-8-18)17-15(19)12-9-14(10-16)20-11-12;;/h9,11,13H,2-8,10,16H2,1H3,(H,17,19);2*1H. The van der Waals surface area contributed by atoms with E-state index in [2.05, 4.69) is 17.1 Å². The second-order valence-corrected chi connectivity index (χ2v) is 5.45. The molecule has 7 heteroatoms. The Balaban J connectivity index is 0.00000220. The van der Waals surface area contributed by atoms with E-state index in [-0.39, 0.29) is 36.8 Å². The predicted molar refractivity (Wildman–Crippen MR) is 92.9 cm³/mol. The molecule has 128 valence electrons. The Morgan fingerprint density at radius 3 is 2.64 bits per heavy atom. The summed E-state index contributed by atoms with van der Waals surface area (Å²) in [5.41, 5.74) is 6.04. The van der Waals surface area contributed by atoms with Crippen molar-refractivity contribution >= 4 is 30.7 Å². The van der Waals surface area contributed by atoms with Gasteiger partial charge >= 0.3 is 0 Å². The molecule has 0 unspecified atom stereocenters. The highest BCUT2D eigenvalue weighted by molar-refractivity contribution is 5.94. The van der Waals surface area contributed by atoms with Gasteiger partial charge in [-0.3, -0.25) is 4.79 Å². The van der Waals surface area contributed by atoms with Crippen LogP contribution in [0.2, 0.25) is 0 Å². The molecule has 1 aromatic heterocycles. The first-order valence-corrected chi connectivity index (χ1v) is 7.53. The van der Waals surface area contributed by atoms with Gasteiger partial charge in [-0.15, -0.1) is 24.8 Å². The minimum Gasteiger partial charge on any atom is -0.467 e. The molecule has 1 saturated heterocycles. The van der Waals surface area contributed by atoms with E-state index in [1.54, 1.807) is 6.07 Å². The summed E-state index contributed by atoms with van der Waals surface area (Å²) in [6, 6.07) is 1.99. The van der Waals surface area contributed by atoms with Crippen LogP contribution in [0.25, 0.3) is 0 Å². The van der Waals surface area contributed by atoms with Crippen molar-refractivity contribution in [1.82, 2.24) is 10.2 Å². The van der Waals surface area contributed by atoms with Crippen molar-refractivity contribution in [3.05, 3.63) is 23.7 Å². The molecule has 2 rings (SSSR count). The molecule has 0 saturated carbocycles. The Morgan fingerprint density at radius 1 is 1.41 bits per heavy atom. The zero-order valence-electron chi connectivity index (χ0n) is 13.0. The number of carbonyl (C=O) groups excluding carboxylic acids is 1. The molecule has 1 amide bonds. The average molecular weight is 352 g/mol. The first-order valence-electron chi connectivity index (χ1n) is 7.53. The fourth-order valence-electron chi connectivity index (χ4n) is 2.56. The quantitative estimate of drug-likeness (QED) is 0.826. The van der Waals surface area contributed by atoms with Crippen molar-refractivity contribution in [3.63, 3.8) is 0 Å². The number of nitrogens with two attached hydrogens (primary N) is 1. The van der Waals surface area contributed by atoms with Crippen LogP contribution in [0.3, 0.4) is 0 Å². The maximum atomic E-state index is 12.1. The van der Waals surface area contributed by atoms with Gasteiger partial charge in [0.05, 0.1) is 12.1 Å². The lowest BCUT2D eigenvalue weighted by atomic mass is 10.0. The van der Waals surface area contributed by atoms with E-state index in [0.29, 0.717) is 17.9 Å². The van der Waals surface area contributed by atoms with Crippen LogP contribution in [0.15, 0.2) is 16.7 Å². The van der Waals surface area contributed by atoms with Crippen molar-refractivity contribution in [2.24, 2.45) is 5.73 Å². The zero-order chi connectivity index (χ0) is 14.4. The lowest BCUT2D eigenvalue weighted by molar-refractivity contribution is 0.0910.